The van der Waals surface area contributed by atoms with E-state index >= 15 is 0 Å². The molecule has 1 N–H and O–H groups in total. The van der Waals surface area contributed by atoms with Gasteiger partial charge in [-0.25, -0.2) is 8.78 Å². The van der Waals surface area contributed by atoms with Crippen LogP contribution in [0.2, 0.25) is 0 Å². The van der Waals surface area contributed by atoms with Crippen molar-refractivity contribution in [3.8, 4) is 0 Å². The predicted octanol–water partition coefficient (Wildman–Crippen LogP) is 4.04. The van der Waals surface area contributed by atoms with Gasteiger partial charge in [-0.1, -0.05) is 6.07 Å². The molecule has 2 aromatic rings. The highest BCUT2D eigenvalue weighted by Gasteiger charge is 2.14. The molecule has 0 bridgehead atoms. The molecule has 0 saturated carbocycles. The molecule has 1 amide bonds. The molecule has 0 unspecified atom stereocenters. The number of amides is 1. The largest absolute Gasteiger partial charge is 0.347 e. The number of nitrogens with zero attached hydrogens (tertiary/aromatic N) is 1. The maximum atomic E-state index is 13.1. The highest BCUT2D eigenvalue weighted by Crippen LogP contribution is 2.19. The number of hydrogen-bond acceptors (Lipinski definition) is 1. The van der Waals surface area contributed by atoms with Crippen molar-refractivity contribution in [3.63, 3.8) is 0 Å². The van der Waals surface area contributed by atoms with Crippen LogP contribution >= 0.6 is 15.9 Å². The van der Waals surface area contributed by atoms with Gasteiger partial charge in [0.15, 0.2) is 11.6 Å². The fourth-order valence-corrected chi connectivity index (χ4v) is 2.41. The van der Waals surface area contributed by atoms with Crippen molar-refractivity contribution in [2.24, 2.45) is 0 Å². The summed E-state index contributed by atoms with van der Waals surface area (Å²) in [6.07, 6.45) is 1.83. The minimum Gasteiger partial charge on any atom is -0.347 e. The molecule has 0 atom stereocenters. The Morgan fingerprint density at radius 2 is 2.00 bits per heavy atom. The lowest BCUT2D eigenvalue weighted by Gasteiger charge is -2.12. The van der Waals surface area contributed by atoms with E-state index in [0.717, 1.165) is 16.6 Å². The summed E-state index contributed by atoms with van der Waals surface area (Å²) in [5, 5.41) is 2.70. The van der Waals surface area contributed by atoms with Crippen LogP contribution < -0.4 is 5.32 Å². The molecule has 3 nitrogen and oxygen atoms in total. The van der Waals surface area contributed by atoms with Crippen LogP contribution in [0.1, 0.15) is 35.9 Å². The summed E-state index contributed by atoms with van der Waals surface area (Å²) < 4.78 is 28.6. The molecule has 0 radical (unpaired) electrons. The monoisotopic (exact) mass is 356 g/mol. The Labute approximate surface area is 130 Å². The van der Waals surface area contributed by atoms with Gasteiger partial charge in [-0.15, -0.1) is 0 Å². The van der Waals surface area contributed by atoms with Gasteiger partial charge in [-0.2, -0.15) is 0 Å². The average Bonchev–Trinajstić information content (AvgIpc) is 2.82. The van der Waals surface area contributed by atoms with Gasteiger partial charge < -0.3 is 9.88 Å². The second kappa shape index (κ2) is 6.39. The molecule has 21 heavy (non-hydrogen) atoms. The third-order valence-electron chi connectivity index (χ3n) is 3.04. The Balaban J connectivity index is 2.10. The van der Waals surface area contributed by atoms with Crippen molar-refractivity contribution in [3.05, 3.63) is 57.8 Å². The summed E-state index contributed by atoms with van der Waals surface area (Å²) in [7, 11) is 0. The summed E-state index contributed by atoms with van der Waals surface area (Å²) in [5.41, 5.74) is 1.02. The van der Waals surface area contributed by atoms with E-state index in [2.05, 4.69) is 21.2 Å². The van der Waals surface area contributed by atoms with Crippen LogP contribution in [0.4, 0.5) is 8.78 Å². The summed E-state index contributed by atoms with van der Waals surface area (Å²) in [5.74, 6) is -2.09. The minimum atomic E-state index is -0.921. The van der Waals surface area contributed by atoms with E-state index in [9.17, 15) is 13.6 Å². The van der Waals surface area contributed by atoms with Crippen LogP contribution in [-0.2, 0) is 6.54 Å². The van der Waals surface area contributed by atoms with Crippen LogP contribution in [0.25, 0.3) is 0 Å². The molecule has 0 spiro atoms. The maximum Gasteiger partial charge on any atom is 0.268 e. The lowest BCUT2D eigenvalue weighted by molar-refractivity contribution is 0.0940. The second-order valence-corrected chi connectivity index (χ2v) is 5.89. The Morgan fingerprint density at radius 1 is 1.29 bits per heavy atom. The van der Waals surface area contributed by atoms with E-state index in [1.807, 2.05) is 24.6 Å². The number of benzene rings is 1. The van der Waals surface area contributed by atoms with E-state index < -0.39 is 11.6 Å². The summed E-state index contributed by atoms with van der Waals surface area (Å²) in [4.78, 5) is 12.2. The standard InChI is InChI=1S/C15H15BrF2N2O/c1-9(2)20-8-11(16)6-14(20)15(21)19-7-10-3-4-12(17)13(18)5-10/h3-6,8-9H,7H2,1-2H3,(H,19,21). The molecule has 112 valence electrons. The van der Waals surface area contributed by atoms with Gasteiger partial charge in [-0.3, -0.25) is 4.79 Å². The van der Waals surface area contributed by atoms with Crippen LogP contribution in [0.15, 0.2) is 34.9 Å². The smallest absolute Gasteiger partial charge is 0.268 e. The first-order valence-electron chi connectivity index (χ1n) is 6.48. The molecular formula is C15H15BrF2N2O. The fraction of sp³-hybridized carbons (Fsp3) is 0.267. The van der Waals surface area contributed by atoms with E-state index in [1.165, 1.54) is 6.07 Å². The van der Waals surface area contributed by atoms with Crippen molar-refractivity contribution in [2.75, 3.05) is 0 Å². The summed E-state index contributed by atoms with van der Waals surface area (Å²) in [6, 6.07) is 5.42. The number of hydrogen-bond donors (Lipinski definition) is 1. The molecule has 0 aliphatic heterocycles. The lowest BCUT2D eigenvalue weighted by atomic mass is 10.2. The van der Waals surface area contributed by atoms with Gasteiger partial charge in [0.25, 0.3) is 5.91 Å². The molecule has 1 aromatic heterocycles. The normalized spacial score (nSPS) is 11.0. The van der Waals surface area contributed by atoms with E-state index in [4.69, 9.17) is 0 Å². The van der Waals surface area contributed by atoms with Crippen molar-refractivity contribution in [2.45, 2.75) is 26.4 Å². The Bertz CT molecular complexity index is 668. The zero-order valence-corrected chi connectivity index (χ0v) is 13.2. The van der Waals surface area contributed by atoms with Gasteiger partial charge in [0.1, 0.15) is 5.69 Å². The molecular weight excluding hydrogens is 342 g/mol. The Morgan fingerprint density at radius 3 is 2.62 bits per heavy atom. The highest BCUT2D eigenvalue weighted by atomic mass is 79.9. The van der Waals surface area contributed by atoms with Crippen LogP contribution in [0, 0.1) is 11.6 Å². The Kier molecular flexibility index (Phi) is 4.77. The third-order valence-corrected chi connectivity index (χ3v) is 3.47. The number of rotatable bonds is 4. The zero-order valence-electron chi connectivity index (χ0n) is 11.7. The number of carbonyl (C=O) groups is 1. The van der Waals surface area contributed by atoms with Crippen molar-refractivity contribution < 1.29 is 13.6 Å². The van der Waals surface area contributed by atoms with Gasteiger partial charge in [0.05, 0.1) is 0 Å². The molecule has 0 saturated heterocycles. The van der Waals surface area contributed by atoms with E-state index in [-0.39, 0.29) is 18.5 Å². The van der Waals surface area contributed by atoms with Gasteiger partial charge >= 0.3 is 0 Å². The number of aromatic nitrogens is 1. The zero-order chi connectivity index (χ0) is 15.6. The van der Waals surface area contributed by atoms with Gasteiger partial charge in [0, 0.05) is 23.3 Å². The Hall–Kier alpha value is -1.69. The molecule has 2 rings (SSSR count). The van der Waals surface area contributed by atoms with Gasteiger partial charge in [-0.05, 0) is 53.5 Å². The second-order valence-electron chi connectivity index (χ2n) is 4.98. The third kappa shape index (κ3) is 3.69. The first-order chi connectivity index (χ1) is 9.88. The summed E-state index contributed by atoms with van der Waals surface area (Å²) in [6.45, 7) is 4.08. The van der Waals surface area contributed by atoms with Gasteiger partial charge in [0.2, 0.25) is 0 Å². The van der Waals surface area contributed by atoms with E-state index in [0.29, 0.717) is 11.3 Å². The topological polar surface area (TPSA) is 34.0 Å². The molecule has 6 heteroatoms. The van der Waals surface area contributed by atoms with Crippen LogP contribution in [0.5, 0.6) is 0 Å². The highest BCUT2D eigenvalue weighted by molar-refractivity contribution is 9.10. The molecule has 0 aliphatic carbocycles. The van der Waals surface area contributed by atoms with Crippen molar-refractivity contribution >= 4 is 21.8 Å². The maximum absolute atomic E-state index is 13.1. The number of carbonyl (C=O) groups excluding carboxylic acids is 1. The average molecular weight is 357 g/mol. The number of halogens is 3. The van der Waals surface area contributed by atoms with Crippen molar-refractivity contribution in [1.29, 1.82) is 0 Å². The van der Waals surface area contributed by atoms with Crippen molar-refractivity contribution in [1.82, 2.24) is 9.88 Å². The molecule has 1 aromatic carbocycles. The first kappa shape index (κ1) is 15.7. The minimum absolute atomic E-state index is 0.136. The van der Waals surface area contributed by atoms with Crippen LogP contribution in [0.3, 0.4) is 0 Å². The number of nitrogens with one attached hydrogen (secondary N) is 1. The molecule has 0 fully saturated rings. The molecule has 0 aliphatic rings. The molecule has 1 heterocycles. The van der Waals surface area contributed by atoms with Crippen LogP contribution in [-0.4, -0.2) is 10.5 Å². The first-order valence-corrected chi connectivity index (χ1v) is 7.27. The fourth-order valence-electron chi connectivity index (χ4n) is 1.98. The SMILES string of the molecule is CC(C)n1cc(Br)cc1C(=O)NCc1ccc(F)c(F)c1. The summed E-state index contributed by atoms with van der Waals surface area (Å²) >= 11 is 3.34. The van der Waals surface area contributed by atoms with E-state index in [1.54, 1.807) is 6.07 Å². The quantitative estimate of drug-likeness (QED) is 0.881. The predicted molar refractivity (Wildman–Crippen MR) is 80.0 cm³/mol. The lowest BCUT2D eigenvalue weighted by Crippen LogP contribution is -2.25.